The fraction of sp³-hybridized carbons (Fsp3) is 0.692. The van der Waals surface area contributed by atoms with Crippen LogP contribution in [0.2, 0.25) is 0 Å². The minimum atomic E-state index is 0.995. The van der Waals surface area contributed by atoms with Crippen LogP contribution in [0.1, 0.15) is 30.7 Å². The van der Waals surface area contributed by atoms with Crippen LogP contribution in [-0.4, -0.2) is 31.1 Å². The minimum Gasteiger partial charge on any atom is -0.312 e. The first-order chi connectivity index (χ1) is 8.17. The summed E-state index contributed by atoms with van der Waals surface area (Å²) in [7, 11) is 0. The van der Waals surface area contributed by atoms with Crippen molar-refractivity contribution < 1.29 is 0 Å². The van der Waals surface area contributed by atoms with Crippen LogP contribution in [0, 0.1) is 6.92 Å². The summed E-state index contributed by atoms with van der Waals surface area (Å²) in [5, 5.41) is 3.51. The Hall–Kier alpha value is 0.1000. The standard InChI is InChI=1S/C13H23BrN2S/c1-4-16(5-2)8-6-7-15-10-12-9-11(3)13(14)17-12/h9,15H,4-8,10H2,1-3H3. The first-order valence-electron chi connectivity index (χ1n) is 6.35. The van der Waals surface area contributed by atoms with E-state index < -0.39 is 0 Å². The quantitative estimate of drug-likeness (QED) is 0.736. The van der Waals surface area contributed by atoms with Gasteiger partial charge in [-0.3, -0.25) is 0 Å². The molecule has 0 aromatic carbocycles. The highest BCUT2D eigenvalue weighted by Crippen LogP contribution is 2.26. The molecule has 0 aliphatic carbocycles. The highest BCUT2D eigenvalue weighted by molar-refractivity contribution is 9.11. The van der Waals surface area contributed by atoms with Crippen LogP contribution in [0.5, 0.6) is 0 Å². The molecule has 0 atom stereocenters. The van der Waals surface area contributed by atoms with E-state index in [-0.39, 0.29) is 0 Å². The molecule has 0 aliphatic heterocycles. The lowest BCUT2D eigenvalue weighted by molar-refractivity contribution is 0.298. The number of aryl methyl sites for hydroxylation is 1. The van der Waals surface area contributed by atoms with E-state index in [1.54, 1.807) is 0 Å². The largest absolute Gasteiger partial charge is 0.312 e. The van der Waals surface area contributed by atoms with E-state index in [1.165, 1.54) is 27.2 Å². The molecule has 1 heterocycles. The molecule has 0 aliphatic rings. The first-order valence-corrected chi connectivity index (χ1v) is 7.96. The van der Waals surface area contributed by atoms with Crippen molar-refractivity contribution in [1.29, 1.82) is 0 Å². The first kappa shape index (κ1) is 15.2. The van der Waals surface area contributed by atoms with Gasteiger partial charge in [0.05, 0.1) is 3.79 Å². The van der Waals surface area contributed by atoms with Gasteiger partial charge < -0.3 is 10.2 Å². The molecule has 4 heteroatoms. The number of nitrogens with zero attached hydrogens (tertiary/aromatic N) is 1. The number of rotatable bonds is 8. The maximum absolute atomic E-state index is 3.56. The van der Waals surface area contributed by atoms with Crippen molar-refractivity contribution >= 4 is 27.3 Å². The van der Waals surface area contributed by atoms with Crippen molar-refractivity contribution in [3.63, 3.8) is 0 Å². The van der Waals surface area contributed by atoms with E-state index in [1.807, 2.05) is 11.3 Å². The molecular formula is C13H23BrN2S. The third-order valence-corrected chi connectivity index (χ3v) is 5.07. The van der Waals surface area contributed by atoms with Crippen LogP contribution in [0.25, 0.3) is 0 Å². The Bertz CT molecular complexity index is 302. The molecule has 1 rings (SSSR count). The van der Waals surface area contributed by atoms with Crippen molar-refractivity contribution in [2.75, 3.05) is 26.2 Å². The zero-order chi connectivity index (χ0) is 12.7. The van der Waals surface area contributed by atoms with Gasteiger partial charge >= 0.3 is 0 Å². The van der Waals surface area contributed by atoms with Crippen LogP contribution in [0.4, 0.5) is 0 Å². The van der Waals surface area contributed by atoms with Gasteiger partial charge in [-0.05, 0) is 67.1 Å². The van der Waals surface area contributed by atoms with Crippen molar-refractivity contribution in [3.8, 4) is 0 Å². The minimum absolute atomic E-state index is 0.995. The zero-order valence-corrected chi connectivity index (χ0v) is 13.5. The molecule has 17 heavy (non-hydrogen) atoms. The number of hydrogen-bond donors (Lipinski definition) is 1. The number of nitrogens with one attached hydrogen (secondary N) is 1. The summed E-state index contributed by atoms with van der Waals surface area (Å²) in [5.41, 5.74) is 1.34. The smallest absolute Gasteiger partial charge is 0.0730 e. The van der Waals surface area contributed by atoms with Gasteiger partial charge in [0.1, 0.15) is 0 Å². The van der Waals surface area contributed by atoms with Crippen LogP contribution in [0.3, 0.4) is 0 Å². The summed E-state index contributed by atoms with van der Waals surface area (Å²) in [6.07, 6.45) is 1.23. The summed E-state index contributed by atoms with van der Waals surface area (Å²) in [4.78, 5) is 3.88. The molecule has 98 valence electrons. The average Bonchev–Trinajstić information content (AvgIpc) is 2.63. The van der Waals surface area contributed by atoms with Gasteiger partial charge in [-0.25, -0.2) is 0 Å². The molecule has 2 nitrogen and oxygen atoms in total. The molecular weight excluding hydrogens is 296 g/mol. The van der Waals surface area contributed by atoms with Gasteiger partial charge in [-0.1, -0.05) is 13.8 Å². The maximum Gasteiger partial charge on any atom is 0.0730 e. The second kappa shape index (κ2) is 8.25. The van der Waals surface area contributed by atoms with E-state index in [0.717, 1.165) is 26.2 Å². The molecule has 0 bridgehead atoms. The fourth-order valence-corrected chi connectivity index (χ4v) is 3.39. The molecule has 0 saturated carbocycles. The Kier molecular flexibility index (Phi) is 7.35. The average molecular weight is 319 g/mol. The lowest BCUT2D eigenvalue weighted by Crippen LogP contribution is -2.27. The number of halogens is 1. The molecule has 1 aromatic rings. The van der Waals surface area contributed by atoms with E-state index >= 15 is 0 Å². The van der Waals surface area contributed by atoms with E-state index in [0.29, 0.717) is 0 Å². The molecule has 0 saturated heterocycles. The Morgan fingerprint density at radius 2 is 2.06 bits per heavy atom. The normalized spacial score (nSPS) is 11.4. The fourth-order valence-electron chi connectivity index (χ4n) is 1.79. The van der Waals surface area contributed by atoms with Crippen LogP contribution in [-0.2, 0) is 6.54 Å². The summed E-state index contributed by atoms with van der Waals surface area (Å²) in [6.45, 7) is 12.2. The molecule has 0 radical (unpaired) electrons. The van der Waals surface area contributed by atoms with Gasteiger partial charge in [0.15, 0.2) is 0 Å². The van der Waals surface area contributed by atoms with Crippen LogP contribution < -0.4 is 5.32 Å². The Balaban J connectivity index is 2.12. The highest BCUT2D eigenvalue weighted by atomic mass is 79.9. The molecule has 0 fully saturated rings. The van der Waals surface area contributed by atoms with Gasteiger partial charge in [0.25, 0.3) is 0 Å². The van der Waals surface area contributed by atoms with Gasteiger partial charge in [-0.2, -0.15) is 0 Å². The van der Waals surface area contributed by atoms with E-state index in [2.05, 4.69) is 53.0 Å². The van der Waals surface area contributed by atoms with Gasteiger partial charge in [0.2, 0.25) is 0 Å². The van der Waals surface area contributed by atoms with Crippen LogP contribution >= 0.6 is 27.3 Å². The summed E-state index contributed by atoms with van der Waals surface area (Å²) < 4.78 is 1.26. The lowest BCUT2D eigenvalue weighted by Gasteiger charge is -2.17. The molecule has 0 amide bonds. The second-order valence-electron chi connectivity index (χ2n) is 4.23. The summed E-state index contributed by atoms with van der Waals surface area (Å²) in [5.74, 6) is 0. The predicted octanol–water partition coefficient (Wildman–Crippen LogP) is 3.64. The molecule has 1 N–H and O–H groups in total. The Morgan fingerprint density at radius 3 is 2.59 bits per heavy atom. The monoisotopic (exact) mass is 318 g/mol. The third kappa shape index (κ3) is 5.51. The SMILES string of the molecule is CCN(CC)CCCNCc1cc(C)c(Br)s1. The Labute approximate surface area is 118 Å². The van der Waals surface area contributed by atoms with Crippen LogP contribution in [0.15, 0.2) is 9.85 Å². The van der Waals surface area contributed by atoms with Crippen molar-refractivity contribution in [3.05, 3.63) is 20.3 Å². The van der Waals surface area contributed by atoms with Gasteiger partial charge in [0, 0.05) is 11.4 Å². The summed E-state index contributed by atoms with van der Waals surface area (Å²) in [6, 6.07) is 2.26. The lowest BCUT2D eigenvalue weighted by atomic mass is 10.3. The third-order valence-electron chi connectivity index (χ3n) is 2.93. The summed E-state index contributed by atoms with van der Waals surface area (Å²) >= 11 is 5.39. The van der Waals surface area contributed by atoms with Crippen molar-refractivity contribution in [2.45, 2.75) is 33.7 Å². The second-order valence-corrected chi connectivity index (χ2v) is 6.68. The number of thiophene rings is 1. The van der Waals surface area contributed by atoms with E-state index in [9.17, 15) is 0 Å². The molecule has 1 aromatic heterocycles. The maximum atomic E-state index is 3.56. The highest BCUT2D eigenvalue weighted by Gasteiger charge is 2.02. The van der Waals surface area contributed by atoms with Crippen molar-refractivity contribution in [1.82, 2.24) is 10.2 Å². The number of hydrogen-bond acceptors (Lipinski definition) is 3. The topological polar surface area (TPSA) is 15.3 Å². The predicted molar refractivity (Wildman–Crippen MR) is 80.9 cm³/mol. The molecule has 0 unspecified atom stereocenters. The van der Waals surface area contributed by atoms with Crippen molar-refractivity contribution in [2.24, 2.45) is 0 Å². The Morgan fingerprint density at radius 1 is 1.35 bits per heavy atom. The molecule has 0 spiro atoms. The van der Waals surface area contributed by atoms with E-state index in [4.69, 9.17) is 0 Å². The van der Waals surface area contributed by atoms with Gasteiger partial charge in [-0.15, -0.1) is 11.3 Å². The zero-order valence-electron chi connectivity index (χ0n) is 11.1.